The summed E-state index contributed by atoms with van der Waals surface area (Å²) in [5.41, 5.74) is 1.74. The molecule has 0 bridgehead atoms. The maximum Gasteiger partial charge on any atom is 0.224 e. The van der Waals surface area contributed by atoms with E-state index in [2.05, 4.69) is 20.6 Å². The van der Waals surface area contributed by atoms with Crippen molar-refractivity contribution in [2.45, 2.75) is 13.5 Å². The van der Waals surface area contributed by atoms with Crippen molar-refractivity contribution in [1.29, 1.82) is 0 Å². The first-order valence-corrected chi connectivity index (χ1v) is 5.69. The molecule has 18 heavy (non-hydrogen) atoms. The molecule has 0 saturated carbocycles. The Morgan fingerprint density at radius 3 is 2.78 bits per heavy atom. The fourth-order valence-electron chi connectivity index (χ4n) is 1.61. The molecule has 0 unspecified atom stereocenters. The van der Waals surface area contributed by atoms with Crippen LogP contribution in [0, 0.1) is 12.7 Å². The van der Waals surface area contributed by atoms with Crippen molar-refractivity contribution < 1.29 is 4.39 Å². The average Bonchev–Trinajstić information content (AvgIpc) is 2.36. The minimum absolute atomic E-state index is 0.232. The Morgan fingerprint density at radius 2 is 2.06 bits per heavy atom. The van der Waals surface area contributed by atoms with Crippen LogP contribution in [0.1, 0.15) is 11.3 Å². The summed E-state index contributed by atoms with van der Waals surface area (Å²) in [5.74, 6) is 1.05. The summed E-state index contributed by atoms with van der Waals surface area (Å²) in [6.07, 6.45) is 0. The number of aromatic nitrogens is 2. The summed E-state index contributed by atoms with van der Waals surface area (Å²) < 4.78 is 13.0. The molecule has 2 rings (SSSR count). The highest BCUT2D eigenvalue weighted by atomic mass is 19.1. The van der Waals surface area contributed by atoms with Crippen molar-refractivity contribution >= 4 is 11.8 Å². The van der Waals surface area contributed by atoms with E-state index in [-0.39, 0.29) is 5.82 Å². The van der Waals surface area contributed by atoms with E-state index in [0.29, 0.717) is 12.5 Å². The molecule has 0 amide bonds. The van der Waals surface area contributed by atoms with Gasteiger partial charge in [0.1, 0.15) is 11.6 Å². The Kier molecular flexibility index (Phi) is 3.72. The quantitative estimate of drug-likeness (QED) is 0.870. The van der Waals surface area contributed by atoms with Gasteiger partial charge < -0.3 is 10.6 Å². The molecule has 5 heteroatoms. The first-order valence-electron chi connectivity index (χ1n) is 5.69. The van der Waals surface area contributed by atoms with Crippen LogP contribution in [0.15, 0.2) is 30.3 Å². The van der Waals surface area contributed by atoms with Crippen molar-refractivity contribution in [3.63, 3.8) is 0 Å². The van der Waals surface area contributed by atoms with E-state index < -0.39 is 0 Å². The molecule has 1 aromatic heterocycles. The van der Waals surface area contributed by atoms with Gasteiger partial charge in [0.15, 0.2) is 0 Å². The molecular formula is C13H15FN4. The molecule has 94 valence electrons. The van der Waals surface area contributed by atoms with Crippen LogP contribution < -0.4 is 10.6 Å². The molecule has 0 aliphatic rings. The summed E-state index contributed by atoms with van der Waals surface area (Å²) in [5, 5.41) is 6.04. The van der Waals surface area contributed by atoms with Crippen molar-refractivity contribution in [2.75, 3.05) is 17.7 Å². The molecule has 2 N–H and O–H groups in total. The van der Waals surface area contributed by atoms with E-state index >= 15 is 0 Å². The van der Waals surface area contributed by atoms with Gasteiger partial charge in [-0.05, 0) is 24.6 Å². The zero-order valence-corrected chi connectivity index (χ0v) is 10.4. The molecule has 0 aliphatic heterocycles. The topological polar surface area (TPSA) is 49.8 Å². The van der Waals surface area contributed by atoms with Crippen LogP contribution in [0.4, 0.5) is 16.2 Å². The van der Waals surface area contributed by atoms with Crippen molar-refractivity contribution in [2.24, 2.45) is 0 Å². The summed E-state index contributed by atoms with van der Waals surface area (Å²) in [6.45, 7) is 2.42. The summed E-state index contributed by atoms with van der Waals surface area (Å²) >= 11 is 0. The third-order valence-corrected chi connectivity index (χ3v) is 2.44. The van der Waals surface area contributed by atoms with Crippen LogP contribution in [-0.4, -0.2) is 17.0 Å². The minimum atomic E-state index is -0.232. The maximum absolute atomic E-state index is 13.0. The van der Waals surface area contributed by atoms with Crippen LogP contribution in [0.2, 0.25) is 0 Å². The Morgan fingerprint density at radius 1 is 1.22 bits per heavy atom. The molecule has 2 aromatic rings. The lowest BCUT2D eigenvalue weighted by atomic mass is 10.2. The second-order valence-corrected chi connectivity index (χ2v) is 3.95. The lowest BCUT2D eigenvalue weighted by Gasteiger charge is -2.08. The molecule has 4 nitrogen and oxygen atoms in total. The monoisotopic (exact) mass is 246 g/mol. The second kappa shape index (κ2) is 5.44. The number of aryl methyl sites for hydroxylation is 1. The molecule has 1 aromatic carbocycles. The maximum atomic E-state index is 13.0. The fraction of sp³-hybridized carbons (Fsp3) is 0.231. The standard InChI is InChI=1S/C13H15FN4/c1-9-6-12(18-13(15-2)17-9)16-8-10-4-3-5-11(14)7-10/h3-7H,8H2,1-2H3,(H2,15,16,17,18). The minimum Gasteiger partial charge on any atom is -0.366 e. The van der Waals surface area contributed by atoms with Crippen molar-refractivity contribution in [3.8, 4) is 0 Å². The molecule has 1 heterocycles. The molecule has 0 saturated heterocycles. The molecular weight excluding hydrogens is 231 g/mol. The number of anilines is 2. The highest BCUT2D eigenvalue weighted by molar-refractivity contribution is 5.42. The van der Waals surface area contributed by atoms with E-state index in [1.54, 1.807) is 13.1 Å². The zero-order valence-electron chi connectivity index (χ0n) is 10.4. The van der Waals surface area contributed by atoms with Crippen LogP contribution in [0.3, 0.4) is 0 Å². The Hall–Kier alpha value is -2.17. The van der Waals surface area contributed by atoms with E-state index in [9.17, 15) is 4.39 Å². The number of hydrogen-bond acceptors (Lipinski definition) is 4. The van der Waals surface area contributed by atoms with Crippen LogP contribution >= 0.6 is 0 Å². The van der Waals surface area contributed by atoms with Gasteiger partial charge in [-0.15, -0.1) is 0 Å². The number of benzene rings is 1. The lowest BCUT2D eigenvalue weighted by molar-refractivity contribution is 0.626. The highest BCUT2D eigenvalue weighted by Crippen LogP contribution is 2.11. The smallest absolute Gasteiger partial charge is 0.224 e. The largest absolute Gasteiger partial charge is 0.366 e. The van der Waals surface area contributed by atoms with Gasteiger partial charge in [0.05, 0.1) is 0 Å². The summed E-state index contributed by atoms with van der Waals surface area (Å²) in [6, 6.07) is 8.33. The van der Waals surface area contributed by atoms with E-state index in [1.807, 2.05) is 19.1 Å². The van der Waals surface area contributed by atoms with Crippen LogP contribution in [-0.2, 0) is 6.54 Å². The van der Waals surface area contributed by atoms with Gasteiger partial charge in [0.2, 0.25) is 5.95 Å². The van der Waals surface area contributed by atoms with Gasteiger partial charge >= 0.3 is 0 Å². The number of halogens is 1. The molecule has 0 spiro atoms. The highest BCUT2D eigenvalue weighted by Gasteiger charge is 2.01. The molecule has 0 radical (unpaired) electrons. The van der Waals surface area contributed by atoms with Gasteiger partial charge in [-0.25, -0.2) is 9.37 Å². The fourth-order valence-corrected chi connectivity index (χ4v) is 1.61. The van der Waals surface area contributed by atoms with Gasteiger partial charge in [-0.1, -0.05) is 12.1 Å². The molecule has 0 fully saturated rings. The van der Waals surface area contributed by atoms with E-state index in [0.717, 1.165) is 17.1 Å². The van der Waals surface area contributed by atoms with Crippen LogP contribution in [0.25, 0.3) is 0 Å². The van der Waals surface area contributed by atoms with Crippen LogP contribution in [0.5, 0.6) is 0 Å². The molecule has 0 atom stereocenters. The summed E-state index contributed by atoms with van der Waals surface area (Å²) in [4.78, 5) is 8.46. The first kappa shape index (κ1) is 12.3. The van der Waals surface area contributed by atoms with Gasteiger partial charge in [-0.3, -0.25) is 0 Å². The lowest BCUT2D eigenvalue weighted by Crippen LogP contribution is -2.05. The number of nitrogens with one attached hydrogen (secondary N) is 2. The first-order chi connectivity index (χ1) is 8.67. The van der Waals surface area contributed by atoms with Gasteiger partial charge in [0, 0.05) is 25.4 Å². The average molecular weight is 246 g/mol. The van der Waals surface area contributed by atoms with E-state index in [4.69, 9.17) is 0 Å². The van der Waals surface area contributed by atoms with Gasteiger partial charge in [0.25, 0.3) is 0 Å². The predicted molar refractivity (Wildman–Crippen MR) is 70.0 cm³/mol. The third-order valence-electron chi connectivity index (χ3n) is 2.44. The Labute approximate surface area is 105 Å². The number of hydrogen-bond donors (Lipinski definition) is 2. The Balaban J connectivity index is 2.08. The number of nitrogens with zero attached hydrogens (tertiary/aromatic N) is 2. The normalized spacial score (nSPS) is 10.2. The van der Waals surface area contributed by atoms with E-state index in [1.165, 1.54) is 12.1 Å². The molecule has 0 aliphatic carbocycles. The number of rotatable bonds is 4. The summed E-state index contributed by atoms with van der Waals surface area (Å²) in [7, 11) is 1.77. The zero-order chi connectivity index (χ0) is 13.0. The van der Waals surface area contributed by atoms with Gasteiger partial charge in [-0.2, -0.15) is 4.98 Å². The predicted octanol–water partition coefficient (Wildman–Crippen LogP) is 2.58. The van der Waals surface area contributed by atoms with Crippen molar-refractivity contribution in [1.82, 2.24) is 9.97 Å². The third kappa shape index (κ3) is 3.16. The second-order valence-electron chi connectivity index (χ2n) is 3.95. The Bertz CT molecular complexity index is 542. The van der Waals surface area contributed by atoms with Crippen molar-refractivity contribution in [3.05, 3.63) is 47.4 Å². The SMILES string of the molecule is CNc1nc(C)cc(NCc2cccc(F)c2)n1.